The van der Waals surface area contributed by atoms with Crippen molar-refractivity contribution < 1.29 is 9.53 Å². The van der Waals surface area contributed by atoms with Crippen molar-refractivity contribution in [3.8, 4) is 0 Å². The number of hydrogen-bond acceptors (Lipinski definition) is 5. The molecule has 1 amide bonds. The highest BCUT2D eigenvalue weighted by atomic mass is 16.5. The summed E-state index contributed by atoms with van der Waals surface area (Å²) in [5.41, 5.74) is 0.720. The third kappa shape index (κ3) is 3.04. The van der Waals surface area contributed by atoms with Crippen molar-refractivity contribution in [2.24, 2.45) is 0 Å². The maximum Gasteiger partial charge on any atom is 0.272 e. The minimum Gasteiger partial charge on any atom is -0.368 e. The highest BCUT2D eigenvalue weighted by Crippen LogP contribution is 2.20. The molecule has 1 fully saturated rings. The summed E-state index contributed by atoms with van der Waals surface area (Å²) in [4.78, 5) is 36.6. The summed E-state index contributed by atoms with van der Waals surface area (Å²) in [6.45, 7) is 2.96. The molecule has 1 unspecified atom stereocenters. The van der Waals surface area contributed by atoms with Crippen LogP contribution in [0.4, 0.5) is 0 Å². The average Bonchev–Trinajstić information content (AvgIpc) is 2.54. The second-order valence-corrected chi connectivity index (χ2v) is 5.08. The average molecular weight is 300 g/mol. The summed E-state index contributed by atoms with van der Waals surface area (Å²) in [5.74, 6) is 0.384. The molecular weight excluding hydrogens is 284 g/mol. The molecule has 3 rings (SSSR count). The number of aromatic nitrogens is 3. The molecule has 2 aromatic heterocycles. The molecule has 1 N–H and O–H groups in total. The molecular formula is C15H16N4O3. The number of aromatic amines is 1. The van der Waals surface area contributed by atoms with Gasteiger partial charge in [-0.25, -0.2) is 4.98 Å². The Morgan fingerprint density at radius 3 is 3.05 bits per heavy atom. The van der Waals surface area contributed by atoms with Gasteiger partial charge in [0.25, 0.3) is 11.5 Å². The molecule has 7 heteroatoms. The number of rotatable bonds is 2. The Kier molecular flexibility index (Phi) is 3.97. The first kappa shape index (κ1) is 14.4. The van der Waals surface area contributed by atoms with Crippen LogP contribution in [0.2, 0.25) is 0 Å². The maximum absolute atomic E-state index is 12.4. The van der Waals surface area contributed by atoms with Gasteiger partial charge in [-0.15, -0.1) is 0 Å². The van der Waals surface area contributed by atoms with E-state index in [1.807, 2.05) is 0 Å². The van der Waals surface area contributed by atoms with E-state index in [1.165, 1.54) is 6.07 Å². The van der Waals surface area contributed by atoms with Crippen LogP contribution in [-0.2, 0) is 4.74 Å². The third-order valence-electron chi connectivity index (χ3n) is 3.45. The van der Waals surface area contributed by atoms with Gasteiger partial charge in [-0.3, -0.25) is 14.6 Å². The molecule has 114 valence electrons. The van der Waals surface area contributed by atoms with E-state index in [4.69, 9.17) is 4.74 Å². The van der Waals surface area contributed by atoms with Crippen molar-refractivity contribution in [3.05, 3.63) is 58.0 Å². The minimum atomic E-state index is -0.401. The number of nitrogens with one attached hydrogen (secondary N) is 1. The van der Waals surface area contributed by atoms with Crippen molar-refractivity contribution in [3.63, 3.8) is 0 Å². The van der Waals surface area contributed by atoms with Crippen molar-refractivity contribution >= 4 is 5.91 Å². The second kappa shape index (κ2) is 6.07. The summed E-state index contributed by atoms with van der Waals surface area (Å²) < 4.78 is 5.66. The summed E-state index contributed by atoms with van der Waals surface area (Å²) in [5, 5.41) is 0. The Morgan fingerprint density at radius 2 is 2.32 bits per heavy atom. The zero-order valence-corrected chi connectivity index (χ0v) is 12.2. The number of amides is 1. The van der Waals surface area contributed by atoms with Gasteiger partial charge in [-0.1, -0.05) is 6.07 Å². The zero-order chi connectivity index (χ0) is 15.5. The van der Waals surface area contributed by atoms with Crippen LogP contribution in [0.5, 0.6) is 0 Å². The number of pyridine rings is 1. The number of carbonyl (C=O) groups excluding carboxylic acids is 1. The van der Waals surface area contributed by atoms with Gasteiger partial charge in [0.1, 0.15) is 17.6 Å². The summed E-state index contributed by atoms with van der Waals surface area (Å²) in [7, 11) is 0. The quantitative estimate of drug-likeness (QED) is 0.881. The van der Waals surface area contributed by atoms with Gasteiger partial charge in [0, 0.05) is 18.8 Å². The Balaban J connectivity index is 1.79. The SMILES string of the molecule is Cc1nc(C2CN(C(=O)c3ccccn3)CCO2)cc(=O)[nH]1. The Bertz CT molecular complexity index is 729. The Hall–Kier alpha value is -2.54. The number of H-pyrrole nitrogens is 1. The van der Waals surface area contributed by atoms with Crippen LogP contribution in [0.25, 0.3) is 0 Å². The van der Waals surface area contributed by atoms with E-state index in [1.54, 1.807) is 36.2 Å². The number of hydrogen-bond donors (Lipinski definition) is 1. The molecule has 7 nitrogen and oxygen atoms in total. The van der Waals surface area contributed by atoms with Crippen LogP contribution in [0.1, 0.15) is 28.1 Å². The van der Waals surface area contributed by atoms with Crippen LogP contribution < -0.4 is 5.56 Å². The second-order valence-electron chi connectivity index (χ2n) is 5.08. The Morgan fingerprint density at radius 1 is 1.45 bits per heavy atom. The molecule has 0 saturated carbocycles. The topological polar surface area (TPSA) is 88.2 Å². The molecule has 2 aromatic rings. The first-order chi connectivity index (χ1) is 10.6. The lowest BCUT2D eigenvalue weighted by Gasteiger charge is -2.32. The third-order valence-corrected chi connectivity index (χ3v) is 3.45. The van der Waals surface area contributed by atoms with Crippen LogP contribution in [0, 0.1) is 6.92 Å². The molecule has 0 aromatic carbocycles. The molecule has 0 bridgehead atoms. The molecule has 1 saturated heterocycles. The van der Waals surface area contributed by atoms with Gasteiger partial charge >= 0.3 is 0 Å². The van der Waals surface area contributed by atoms with E-state index in [-0.39, 0.29) is 11.5 Å². The monoisotopic (exact) mass is 300 g/mol. The molecule has 0 aliphatic carbocycles. The van der Waals surface area contributed by atoms with Crippen LogP contribution in [0.3, 0.4) is 0 Å². The molecule has 0 radical (unpaired) electrons. The van der Waals surface area contributed by atoms with Crippen molar-refractivity contribution in [2.75, 3.05) is 19.7 Å². The predicted octanol–water partition coefficient (Wildman–Crippen LogP) is 0.687. The lowest BCUT2D eigenvalue weighted by Crippen LogP contribution is -2.43. The van der Waals surface area contributed by atoms with Gasteiger partial charge < -0.3 is 14.6 Å². The van der Waals surface area contributed by atoms with Gasteiger partial charge in [0.2, 0.25) is 0 Å². The molecule has 1 aliphatic heterocycles. The van der Waals surface area contributed by atoms with Crippen molar-refractivity contribution in [2.45, 2.75) is 13.0 Å². The number of ether oxygens (including phenoxy) is 1. The van der Waals surface area contributed by atoms with Gasteiger partial charge in [0.05, 0.1) is 18.8 Å². The zero-order valence-electron chi connectivity index (χ0n) is 12.2. The molecule has 1 aliphatic rings. The summed E-state index contributed by atoms with van der Waals surface area (Å²) in [6.07, 6.45) is 1.19. The molecule has 1 atom stereocenters. The summed E-state index contributed by atoms with van der Waals surface area (Å²) in [6, 6.07) is 6.64. The van der Waals surface area contributed by atoms with E-state index in [2.05, 4.69) is 15.0 Å². The fraction of sp³-hybridized carbons (Fsp3) is 0.333. The van der Waals surface area contributed by atoms with E-state index in [9.17, 15) is 9.59 Å². The highest BCUT2D eigenvalue weighted by Gasteiger charge is 2.27. The lowest BCUT2D eigenvalue weighted by atomic mass is 10.2. The van der Waals surface area contributed by atoms with Gasteiger partial charge in [-0.05, 0) is 19.1 Å². The number of aryl methyl sites for hydroxylation is 1. The number of nitrogens with zero attached hydrogens (tertiary/aromatic N) is 3. The Labute approximate surface area is 127 Å². The maximum atomic E-state index is 12.4. The van der Waals surface area contributed by atoms with Gasteiger partial charge in [0.15, 0.2) is 0 Å². The van der Waals surface area contributed by atoms with Crippen LogP contribution in [0.15, 0.2) is 35.3 Å². The minimum absolute atomic E-state index is 0.143. The first-order valence-electron chi connectivity index (χ1n) is 7.03. The lowest BCUT2D eigenvalue weighted by molar-refractivity contribution is -0.0250. The molecule has 0 spiro atoms. The first-order valence-corrected chi connectivity index (χ1v) is 7.03. The van der Waals surface area contributed by atoms with E-state index < -0.39 is 6.10 Å². The highest BCUT2D eigenvalue weighted by molar-refractivity contribution is 5.92. The van der Waals surface area contributed by atoms with E-state index in [0.29, 0.717) is 36.9 Å². The normalized spacial score (nSPS) is 18.2. The van der Waals surface area contributed by atoms with Crippen LogP contribution in [-0.4, -0.2) is 45.5 Å². The van der Waals surface area contributed by atoms with E-state index >= 15 is 0 Å². The summed E-state index contributed by atoms with van der Waals surface area (Å²) >= 11 is 0. The smallest absolute Gasteiger partial charge is 0.272 e. The molecule has 22 heavy (non-hydrogen) atoms. The van der Waals surface area contributed by atoms with E-state index in [0.717, 1.165) is 0 Å². The van der Waals surface area contributed by atoms with Gasteiger partial charge in [-0.2, -0.15) is 0 Å². The van der Waals surface area contributed by atoms with Crippen molar-refractivity contribution in [1.82, 2.24) is 19.9 Å². The fourth-order valence-electron chi connectivity index (χ4n) is 2.43. The number of carbonyl (C=O) groups is 1. The van der Waals surface area contributed by atoms with Crippen molar-refractivity contribution in [1.29, 1.82) is 0 Å². The molecule has 3 heterocycles. The number of morpholine rings is 1. The largest absolute Gasteiger partial charge is 0.368 e. The standard InChI is InChI=1S/C15H16N4O3/c1-10-17-12(8-14(20)18-10)13-9-19(6-7-22-13)15(21)11-4-2-3-5-16-11/h2-5,8,13H,6-7,9H2,1H3,(H,17,18,20). The van der Waals surface area contributed by atoms with Crippen LogP contribution >= 0.6 is 0 Å². The fourth-order valence-corrected chi connectivity index (χ4v) is 2.43. The predicted molar refractivity (Wildman–Crippen MR) is 78.4 cm³/mol.